The summed E-state index contributed by atoms with van der Waals surface area (Å²) < 4.78 is 5.89. The third-order valence-electron chi connectivity index (χ3n) is 3.97. The lowest BCUT2D eigenvalue weighted by Crippen LogP contribution is -2.17. The van der Waals surface area contributed by atoms with Crippen molar-refractivity contribution in [3.63, 3.8) is 0 Å². The van der Waals surface area contributed by atoms with E-state index in [0.717, 1.165) is 29.0 Å². The van der Waals surface area contributed by atoms with Crippen LogP contribution in [0.5, 0.6) is 5.75 Å². The zero-order chi connectivity index (χ0) is 16.1. The maximum absolute atomic E-state index is 12.1. The average molecular weight is 328 g/mol. The first-order chi connectivity index (χ1) is 11.2. The van der Waals surface area contributed by atoms with Gasteiger partial charge in [-0.15, -0.1) is 11.3 Å². The highest BCUT2D eigenvalue weighted by atomic mass is 32.1. The van der Waals surface area contributed by atoms with Crippen LogP contribution in [0.2, 0.25) is 0 Å². The van der Waals surface area contributed by atoms with E-state index in [9.17, 15) is 4.79 Å². The number of hydrogen-bond donors (Lipinski definition) is 1. The third-order valence-corrected chi connectivity index (χ3v) is 4.92. The summed E-state index contributed by atoms with van der Waals surface area (Å²) in [5, 5.41) is 6.01. The Kier molecular flexibility index (Phi) is 5.08. The molecule has 120 valence electrons. The molecule has 0 spiro atoms. The molecule has 0 saturated heterocycles. The molecule has 1 N–H and O–H groups in total. The Bertz CT molecular complexity index is 685. The normalized spacial score (nSPS) is 15.2. The van der Waals surface area contributed by atoms with Gasteiger partial charge in [-0.25, -0.2) is 5.43 Å². The van der Waals surface area contributed by atoms with Crippen LogP contribution in [0.4, 0.5) is 0 Å². The molecular weight excluding hydrogens is 308 g/mol. The zero-order valence-corrected chi connectivity index (χ0v) is 13.9. The lowest BCUT2D eigenvalue weighted by molar-refractivity contribution is 0.0955. The number of rotatable bonds is 5. The highest BCUT2D eigenvalue weighted by Crippen LogP contribution is 2.24. The summed E-state index contributed by atoms with van der Waals surface area (Å²) in [6.45, 7) is 2.02. The van der Waals surface area contributed by atoms with Crippen LogP contribution in [-0.4, -0.2) is 18.2 Å². The maximum atomic E-state index is 12.1. The second kappa shape index (κ2) is 7.42. The SMILES string of the molecule is Cc1ccsc1/C=N\NC(=O)c1ccc(OC2CCCC2)cc1. The van der Waals surface area contributed by atoms with Crippen LogP contribution < -0.4 is 10.2 Å². The smallest absolute Gasteiger partial charge is 0.271 e. The minimum Gasteiger partial charge on any atom is -0.490 e. The van der Waals surface area contributed by atoms with E-state index in [2.05, 4.69) is 10.5 Å². The van der Waals surface area contributed by atoms with E-state index < -0.39 is 0 Å². The van der Waals surface area contributed by atoms with Crippen LogP contribution in [0.3, 0.4) is 0 Å². The Balaban J connectivity index is 1.55. The van der Waals surface area contributed by atoms with Crippen LogP contribution in [-0.2, 0) is 0 Å². The Morgan fingerprint density at radius 2 is 2.00 bits per heavy atom. The van der Waals surface area contributed by atoms with Crippen molar-refractivity contribution < 1.29 is 9.53 Å². The first kappa shape index (κ1) is 15.7. The molecule has 2 aromatic rings. The average Bonchev–Trinajstić information content (AvgIpc) is 3.20. The van der Waals surface area contributed by atoms with Crippen molar-refractivity contribution >= 4 is 23.5 Å². The number of hydrogen-bond acceptors (Lipinski definition) is 4. The number of nitrogens with zero attached hydrogens (tertiary/aromatic N) is 1. The number of aryl methyl sites for hydroxylation is 1. The number of hydrazone groups is 1. The van der Waals surface area contributed by atoms with E-state index in [1.54, 1.807) is 29.7 Å². The quantitative estimate of drug-likeness (QED) is 0.662. The van der Waals surface area contributed by atoms with Gasteiger partial charge in [0, 0.05) is 10.4 Å². The van der Waals surface area contributed by atoms with Gasteiger partial charge in [-0.05, 0) is 73.9 Å². The van der Waals surface area contributed by atoms with Gasteiger partial charge in [-0.1, -0.05) is 0 Å². The predicted octanol–water partition coefficient (Wildman–Crippen LogP) is 4.14. The molecule has 0 bridgehead atoms. The van der Waals surface area contributed by atoms with Gasteiger partial charge in [-0.2, -0.15) is 5.10 Å². The highest BCUT2D eigenvalue weighted by Gasteiger charge is 2.16. The molecule has 4 nitrogen and oxygen atoms in total. The molecular formula is C18H20N2O2S. The molecule has 23 heavy (non-hydrogen) atoms. The Morgan fingerprint density at radius 1 is 1.26 bits per heavy atom. The molecule has 0 unspecified atom stereocenters. The summed E-state index contributed by atoms with van der Waals surface area (Å²) in [5.74, 6) is 0.606. The second-order valence-electron chi connectivity index (χ2n) is 5.72. The van der Waals surface area contributed by atoms with E-state index in [4.69, 9.17) is 4.74 Å². The van der Waals surface area contributed by atoms with Gasteiger partial charge in [0.1, 0.15) is 5.75 Å². The third kappa shape index (κ3) is 4.20. The first-order valence-electron chi connectivity index (χ1n) is 7.86. The zero-order valence-electron chi connectivity index (χ0n) is 13.1. The molecule has 1 amide bonds. The minimum atomic E-state index is -0.220. The number of nitrogens with one attached hydrogen (secondary N) is 1. The Labute approximate surface area is 140 Å². The molecule has 1 saturated carbocycles. The topological polar surface area (TPSA) is 50.7 Å². The van der Waals surface area contributed by atoms with Gasteiger partial charge in [-0.3, -0.25) is 4.79 Å². The van der Waals surface area contributed by atoms with Gasteiger partial charge in [0.2, 0.25) is 0 Å². The number of carbonyl (C=O) groups excluding carboxylic acids is 1. The number of amides is 1. The summed E-state index contributed by atoms with van der Waals surface area (Å²) in [4.78, 5) is 13.1. The molecule has 1 aromatic carbocycles. The number of carbonyl (C=O) groups is 1. The summed E-state index contributed by atoms with van der Waals surface area (Å²) in [6.07, 6.45) is 6.74. The fraction of sp³-hybridized carbons (Fsp3) is 0.333. The van der Waals surface area contributed by atoms with Crippen molar-refractivity contribution in [3.05, 3.63) is 51.7 Å². The molecule has 0 radical (unpaired) electrons. The van der Waals surface area contributed by atoms with E-state index >= 15 is 0 Å². The fourth-order valence-corrected chi connectivity index (χ4v) is 3.40. The standard InChI is InChI=1S/C18H20N2O2S/c1-13-10-11-23-17(13)12-19-20-18(21)14-6-8-16(9-7-14)22-15-4-2-3-5-15/h6-12,15H,2-5H2,1H3,(H,20,21)/b19-12-. The van der Waals surface area contributed by atoms with Crippen LogP contribution in [0.15, 0.2) is 40.8 Å². The van der Waals surface area contributed by atoms with Crippen molar-refractivity contribution in [3.8, 4) is 5.75 Å². The van der Waals surface area contributed by atoms with E-state index in [1.807, 2.05) is 30.5 Å². The van der Waals surface area contributed by atoms with Gasteiger partial charge in [0.05, 0.1) is 12.3 Å². The van der Waals surface area contributed by atoms with Crippen LogP contribution in [0, 0.1) is 6.92 Å². The molecule has 3 rings (SSSR count). The second-order valence-corrected chi connectivity index (χ2v) is 6.66. The van der Waals surface area contributed by atoms with Crippen LogP contribution in [0.1, 0.15) is 46.5 Å². The number of thiophene rings is 1. The van der Waals surface area contributed by atoms with Gasteiger partial charge in [0.15, 0.2) is 0 Å². The van der Waals surface area contributed by atoms with Crippen molar-refractivity contribution in [2.24, 2.45) is 5.10 Å². The number of benzene rings is 1. The lowest BCUT2D eigenvalue weighted by Gasteiger charge is -2.12. The van der Waals surface area contributed by atoms with Gasteiger partial charge >= 0.3 is 0 Å². The van der Waals surface area contributed by atoms with E-state index in [1.165, 1.54) is 12.8 Å². The summed E-state index contributed by atoms with van der Waals surface area (Å²) in [6, 6.07) is 9.26. The van der Waals surface area contributed by atoms with Crippen molar-refractivity contribution in [1.29, 1.82) is 0 Å². The minimum absolute atomic E-state index is 0.220. The molecule has 1 heterocycles. The molecule has 0 atom stereocenters. The monoisotopic (exact) mass is 328 g/mol. The molecule has 1 aliphatic carbocycles. The molecule has 1 aromatic heterocycles. The summed E-state index contributed by atoms with van der Waals surface area (Å²) >= 11 is 1.60. The maximum Gasteiger partial charge on any atom is 0.271 e. The van der Waals surface area contributed by atoms with Crippen LogP contribution >= 0.6 is 11.3 Å². The largest absolute Gasteiger partial charge is 0.490 e. The number of ether oxygens (including phenoxy) is 1. The van der Waals surface area contributed by atoms with Crippen molar-refractivity contribution in [2.75, 3.05) is 0 Å². The lowest BCUT2D eigenvalue weighted by atomic mass is 10.2. The van der Waals surface area contributed by atoms with E-state index in [-0.39, 0.29) is 5.91 Å². The van der Waals surface area contributed by atoms with Gasteiger partial charge < -0.3 is 4.74 Å². The first-order valence-corrected chi connectivity index (χ1v) is 8.74. The van der Waals surface area contributed by atoms with Crippen LogP contribution in [0.25, 0.3) is 0 Å². The summed E-state index contributed by atoms with van der Waals surface area (Å²) in [7, 11) is 0. The molecule has 0 aliphatic heterocycles. The van der Waals surface area contributed by atoms with E-state index in [0.29, 0.717) is 11.7 Å². The van der Waals surface area contributed by atoms with Crippen molar-refractivity contribution in [1.82, 2.24) is 5.43 Å². The fourth-order valence-electron chi connectivity index (χ4n) is 2.61. The van der Waals surface area contributed by atoms with Crippen molar-refractivity contribution in [2.45, 2.75) is 38.7 Å². The van der Waals surface area contributed by atoms with Gasteiger partial charge in [0.25, 0.3) is 5.91 Å². The summed E-state index contributed by atoms with van der Waals surface area (Å²) in [5.41, 5.74) is 4.28. The Hall–Kier alpha value is -2.14. The Morgan fingerprint density at radius 3 is 2.65 bits per heavy atom. The molecule has 1 fully saturated rings. The predicted molar refractivity (Wildman–Crippen MR) is 93.4 cm³/mol. The molecule has 5 heteroatoms. The highest BCUT2D eigenvalue weighted by molar-refractivity contribution is 7.11. The molecule has 1 aliphatic rings.